The van der Waals surface area contributed by atoms with Crippen LogP contribution in [0.1, 0.15) is 37.2 Å². The van der Waals surface area contributed by atoms with Gasteiger partial charge in [-0.1, -0.05) is 6.92 Å². The van der Waals surface area contributed by atoms with Crippen molar-refractivity contribution >= 4 is 0 Å². The highest BCUT2D eigenvalue weighted by Crippen LogP contribution is 2.26. The predicted octanol–water partition coefficient (Wildman–Crippen LogP) is 2.64. The summed E-state index contributed by atoms with van der Waals surface area (Å²) in [6.07, 6.45) is 9.28. The van der Waals surface area contributed by atoms with Crippen molar-refractivity contribution in [2.75, 3.05) is 20.1 Å². The molecule has 0 bridgehead atoms. The van der Waals surface area contributed by atoms with Crippen LogP contribution in [0.15, 0.2) is 30.7 Å². The molecule has 1 aliphatic rings. The lowest BCUT2D eigenvalue weighted by atomic mass is 9.94. The topological polar surface area (TPSA) is 34.0 Å². The number of aromatic nitrogens is 3. The van der Waals surface area contributed by atoms with Crippen LogP contribution in [0.2, 0.25) is 0 Å². The Bertz CT molecular complexity index is 575. The van der Waals surface area contributed by atoms with Crippen LogP contribution < -0.4 is 0 Å². The maximum absolute atomic E-state index is 4.60. The molecule has 20 heavy (non-hydrogen) atoms. The minimum absolute atomic E-state index is 0.558. The van der Waals surface area contributed by atoms with Crippen LogP contribution in [0.25, 0.3) is 5.69 Å². The lowest BCUT2D eigenvalue weighted by Crippen LogP contribution is -2.31. The number of nitrogens with zero attached hydrogens (tertiary/aromatic N) is 4. The van der Waals surface area contributed by atoms with E-state index in [0.717, 1.165) is 18.8 Å². The summed E-state index contributed by atoms with van der Waals surface area (Å²) < 4.78 is 2.16. The number of hydrogen-bond donors (Lipinski definition) is 0. The van der Waals surface area contributed by atoms with Crippen LogP contribution in [-0.2, 0) is 6.42 Å². The van der Waals surface area contributed by atoms with Gasteiger partial charge in [0, 0.05) is 43.2 Å². The molecule has 1 atom stereocenters. The Kier molecular flexibility index (Phi) is 3.83. The van der Waals surface area contributed by atoms with Crippen molar-refractivity contribution in [3.63, 3.8) is 0 Å². The lowest BCUT2D eigenvalue weighted by molar-refractivity contribution is 0.248. The molecular weight excluding hydrogens is 248 g/mol. The summed E-state index contributed by atoms with van der Waals surface area (Å²) in [4.78, 5) is 11.4. The van der Waals surface area contributed by atoms with E-state index in [1.807, 2.05) is 18.6 Å². The second kappa shape index (κ2) is 5.75. The summed E-state index contributed by atoms with van der Waals surface area (Å²) in [5, 5.41) is 0. The van der Waals surface area contributed by atoms with Crippen molar-refractivity contribution in [3.8, 4) is 5.69 Å². The summed E-state index contributed by atoms with van der Waals surface area (Å²) >= 11 is 0. The van der Waals surface area contributed by atoms with Gasteiger partial charge in [-0.05, 0) is 38.6 Å². The van der Waals surface area contributed by atoms with E-state index in [2.05, 4.69) is 45.5 Å². The molecule has 0 aliphatic carbocycles. The fourth-order valence-corrected chi connectivity index (χ4v) is 3.05. The summed E-state index contributed by atoms with van der Waals surface area (Å²) in [7, 11) is 2.20. The van der Waals surface area contributed by atoms with Crippen molar-refractivity contribution in [2.45, 2.75) is 32.1 Å². The second-order valence-electron chi connectivity index (χ2n) is 5.61. The Labute approximate surface area is 120 Å². The van der Waals surface area contributed by atoms with E-state index in [-0.39, 0.29) is 0 Å². The van der Waals surface area contributed by atoms with Gasteiger partial charge in [0.2, 0.25) is 0 Å². The Morgan fingerprint density at radius 3 is 3.00 bits per heavy atom. The average Bonchev–Trinajstić information content (AvgIpc) is 2.96. The maximum atomic E-state index is 4.60. The highest BCUT2D eigenvalue weighted by atomic mass is 15.1. The first-order chi connectivity index (χ1) is 9.78. The van der Waals surface area contributed by atoms with Crippen LogP contribution in [0.3, 0.4) is 0 Å². The summed E-state index contributed by atoms with van der Waals surface area (Å²) in [6, 6.07) is 4.29. The van der Waals surface area contributed by atoms with Crippen molar-refractivity contribution in [1.82, 2.24) is 19.4 Å². The van der Waals surface area contributed by atoms with Gasteiger partial charge in [0.25, 0.3) is 0 Å². The van der Waals surface area contributed by atoms with Gasteiger partial charge in [0.1, 0.15) is 5.82 Å². The number of pyridine rings is 1. The minimum atomic E-state index is 0.558. The monoisotopic (exact) mass is 270 g/mol. The zero-order valence-electron chi connectivity index (χ0n) is 12.3. The van der Waals surface area contributed by atoms with E-state index in [4.69, 9.17) is 0 Å². The molecule has 0 radical (unpaired) electrons. The Balaban J connectivity index is 1.89. The molecule has 0 N–H and O–H groups in total. The molecule has 0 saturated carbocycles. The van der Waals surface area contributed by atoms with Crippen LogP contribution in [0, 0.1) is 0 Å². The molecule has 106 valence electrons. The summed E-state index contributed by atoms with van der Waals surface area (Å²) in [5.41, 5.74) is 2.39. The SMILES string of the molecule is CCc1nccn1-c1ccnc([C@H]2CCCN(C)C2)c1. The number of imidazole rings is 1. The van der Waals surface area contributed by atoms with Crippen molar-refractivity contribution < 1.29 is 0 Å². The number of likely N-dealkylation sites (tertiary alicyclic amines) is 1. The van der Waals surface area contributed by atoms with Gasteiger partial charge >= 0.3 is 0 Å². The van der Waals surface area contributed by atoms with Gasteiger partial charge in [-0.25, -0.2) is 4.98 Å². The largest absolute Gasteiger partial charge is 0.306 e. The molecule has 2 aromatic rings. The number of aryl methyl sites for hydroxylation is 1. The summed E-state index contributed by atoms with van der Waals surface area (Å²) in [6.45, 7) is 4.45. The molecule has 1 fully saturated rings. The van der Waals surface area contributed by atoms with Gasteiger partial charge < -0.3 is 9.47 Å². The fourth-order valence-electron chi connectivity index (χ4n) is 3.05. The molecule has 3 rings (SSSR count). The van der Waals surface area contributed by atoms with Gasteiger partial charge in [0.15, 0.2) is 0 Å². The average molecular weight is 270 g/mol. The molecular formula is C16H22N4. The van der Waals surface area contributed by atoms with E-state index < -0.39 is 0 Å². The number of piperidine rings is 1. The van der Waals surface area contributed by atoms with Gasteiger partial charge in [-0.3, -0.25) is 4.98 Å². The first-order valence-corrected chi connectivity index (χ1v) is 7.45. The molecule has 2 aromatic heterocycles. The minimum Gasteiger partial charge on any atom is -0.306 e. The third kappa shape index (κ3) is 2.61. The molecule has 3 heterocycles. The molecule has 0 unspecified atom stereocenters. The Morgan fingerprint density at radius 2 is 2.20 bits per heavy atom. The standard InChI is InChI=1S/C16H22N4/c1-3-16-18-8-10-20(16)14-6-7-17-15(11-14)13-5-4-9-19(2)12-13/h6-8,10-11,13H,3-5,9,12H2,1-2H3/t13-/m0/s1. The van der Waals surface area contributed by atoms with Gasteiger partial charge in [0.05, 0.1) is 5.69 Å². The van der Waals surface area contributed by atoms with E-state index in [1.165, 1.54) is 30.8 Å². The normalized spacial score (nSPS) is 20.2. The van der Waals surface area contributed by atoms with Crippen LogP contribution in [-0.4, -0.2) is 39.6 Å². The summed E-state index contributed by atoms with van der Waals surface area (Å²) in [5.74, 6) is 1.66. The third-order valence-corrected chi connectivity index (χ3v) is 4.12. The van der Waals surface area contributed by atoms with Gasteiger partial charge in [-0.2, -0.15) is 0 Å². The van der Waals surface area contributed by atoms with Crippen LogP contribution >= 0.6 is 0 Å². The second-order valence-corrected chi connectivity index (χ2v) is 5.61. The van der Waals surface area contributed by atoms with Crippen molar-refractivity contribution in [2.24, 2.45) is 0 Å². The molecule has 0 amide bonds. The first kappa shape index (κ1) is 13.3. The zero-order chi connectivity index (χ0) is 13.9. The highest BCUT2D eigenvalue weighted by Gasteiger charge is 2.20. The predicted molar refractivity (Wildman–Crippen MR) is 80.2 cm³/mol. The van der Waals surface area contributed by atoms with E-state index in [9.17, 15) is 0 Å². The van der Waals surface area contributed by atoms with Gasteiger partial charge in [-0.15, -0.1) is 0 Å². The van der Waals surface area contributed by atoms with Crippen LogP contribution in [0.5, 0.6) is 0 Å². The first-order valence-electron chi connectivity index (χ1n) is 7.45. The quantitative estimate of drug-likeness (QED) is 0.860. The molecule has 1 saturated heterocycles. The zero-order valence-corrected chi connectivity index (χ0v) is 12.3. The molecule has 4 nitrogen and oxygen atoms in total. The smallest absolute Gasteiger partial charge is 0.112 e. The Hall–Kier alpha value is -1.68. The lowest BCUT2D eigenvalue weighted by Gasteiger charge is -2.29. The fraction of sp³-hybridized carbons (Fsp3) is 0.500. The maximum Gasteiger partial charge on any atom is 0.112 e. The molecule has 1 aliphatic heterocycles. The third-order valence-electron chi connectivity index (χ3n) is 4.12. The number of likely N-dealkylation sites (N-methyl/N-ethyl adjacent to an activating group) is 1. The van der Waals surface area contributed by atoms with Crippen LogP contribution in [0.4, 0.5) is 0 Å². The van der Waals surface area contributed by atoms with Crippen molar-refractivity contribution in [3.05, 3.63) is 42.2 Å². The van der Waals surface area contributed by atoms with Crippen molar-refractivity contribution in [1.29, 1.82) is 0 Å². The molecule has 4 heteroatoms. The van der Waals surface area contributed by atoms with E-state index in [1.54, 1.807) is 0 Å². The molecule has 0 aromatic carbocycles. The highest BCUT2D eigenvalue weighted by molar-refractivity contribution is 5.35. The van der Waals surface area contributed by atoms with E-state index >= 15 is 0 Å². The number of hydrogen-bond acceptors (Lipinski definition) is 3. The van der Waals surface area contributed by atoms with E-state index in [0.29, 0.717) is 5.92 Å². The Morgan fingerprint density at radius 1 is 1.30 bits per heavy atom. The molecule has 0 spiro atoms. The number of rotatable bonds is 3.